The smallest absolute Gasteiger partial charge is 0 e. The largest absolute Gasteiger partial charge is 0 e. The molecule has 1 aromatic rings. The van der Waals surface area contributed by atoms with Gasteiger partial charge in [-0.1, -0.05) is 0 Å². The molecule has 1 N–H and O–H groups in total. The Morgan fingerprint density at radius 2 is 1.57 bits per heavy atom. The summed E-state index contributed by atoms with van der Waals surface area (Å²) < 4.78 is 38.4. The summed E-state index contributed by atoms with van der Waals surface area (Å²) in [6.45, 7) is 13.4. The van der Waals surface area contributed by atoms with E-state index in [1.807, 2.05) is 25.3 Å². The van der Waals surface area contributed by atoms with Crippen LogP contribution >= 0.6 is 0 Å². The first-order valence-corrected chi connectivity index (χ1v) is 7.92. The molecule has 0 aromatic heterocycles. The van der Waals surface area contributed by atoms with Crippen molar-refractivity contribution in [1.29, 1.82) is 5.26 Å². The van der Waals surface area contributed by atoms with Crippen LogP contribution in [0.1, 0.15) is 24.0 Å². The van der Waals surface area contributed by atoms with E-state index in [1.165, 1.54) is 0 Å². The van der Waals surface area contributed by atoms with E-state index in [0.717, 1.165) is 17.2 Å². The van der Waals surface area contributed by atoms with Crippen LogP contribution in [-0.2, 0) is 47.8 Å². The fraction of sp³-hybridized carbons (Fsp3) is 0.333. The summed E-state index contributed by atoms with van der Waals surface area (Å²) in [6.07, 6.45) is 7.45. The Morgan fingerprint density at radius 3 is 1.93 bits per heavy atom. The van der Waals surface area contributed by atoms with E-state index in [2.05, 4.69) is 26.0 Å². The number of benzene rings is 1. The Hall–Kier alpha value is -2.03. The maximum Gasteiger partial charge on any atom is 0 e. The first-order valence-electron chi connectivity index (χ1n) is 7.92. The Bertz CT molecular complexity index is 688. The molecular weight excluding hydrogens is 434 g/mol. The second-order valence-corrected chi connectivity index (χ2v) is 5.36. The predicted octanol–water partition coefficient (Wildman–Crippen LogP) is 2.43. The van der Waals surface area contributed by atoms with Gasteiger partial charge >= 0.3 is 33.9 Å². The fourth-order valence-electron chi connectivity index (χ4n) is 2.89. The van der Waals surface area contributed by atoms with E-state index < -0.39 is 5.41 Å². The van der Waals surface area contributed by atoms with Gasteiger partial charge in [-0.15, -0.1) is 0 Å². The summed E-state index contributed by atoms with van der Waals surface area (Å²) in [5, 5.41) is 19.1. The molecule has 1 aromatic carbocycles. The molecule has 30 heavy (non-hydrogen) atoms. The van der Waals surface area contributed by atoms with E-state index in [1.54, 1.807) is 27.4 Å². The number of hydrogen-bond acceptors (Lipinski definition) is 5. The van der Waals surface area contributed by atoms with E-state index in [0.29, 0.717) is 24.3 Å². The van der Waals surface area contributed by atoms with Crippen molar-refractivity contribution in [3.05, 3.63) is 68.6 Å². The minimum Gasteiger partial charge on any atom is 0 e. The van der Waals surface area contributed by atoms with Crippen molar-refractivity contribution in [1.82, 2.24) is 0 Å². The summed E-state index contributed by atoms with van der Waals surface area (Å²) in [5.41, 5.74) is 1.06. The summed E-state index contributed by atoms with van der Waals surface area (Å²) >= 11 is 0. The minimum atomic E-state index is -0.519. The molecule has 0 aliphatic heterocycles. The third-order valence-electron chi connectivity index (χ3n) is 4.18. The third-order valence-corrected chi connectivity index (χ3v) is 4.18. The molecule has 9 heteroatoms. The number of hydrogen-bond donors (Lipinski definition) is 1. The van der Waals surface area contributed by atoms with Gasteiger partial charge < -0.3 is 19.3 Å². The first kappa shape index (κ1) is 32.6. The normalized spacial score (nSPS) is 13.6. The average Bonchev–Trinajstić information content (AvgIpc) is 2.82. The molecule has 2 rings (SSSR count). The van der Waals surface area contributed by atoms with Gasteiger partial charge in [-0.25, -0.2) is 0 Å². The van der Waals surface area contributed by atoms with Gasteiger partial charge in [-0.3, -0.25) is 0 Å². The maximum absolute atomic E-state index is 9.77. The number of rotatable bonds is 6. The van der Waals surface area contributed by atoms with Crippen molar-refractivity contribution in [3.63, 3.8) is 0 Å². The Balaban J connectivity index is -0.000000955. The summed E-state index contributed by atoms with van der Waals surface area (Å²) in [6, 6.07) is 5.86. The number of nitriles is 1. The van der Waals surface area contributed by atoms with Gasteiger partial charge in [0.1, 0.15) is 6.10 Å². The number of methoxy groups -OCH3 is 3. The van der Waals surface area contributed by atoms with Crippen LogP contribution in [0.15, 0.2) is 12.1 Å². The van der Waals surface area contributed by atoms with Crippen LogP contribution in [0.5, 0.6) is 11.5 Å². The fourth-order valence-corrected chi connectivity index (χ4v) is 2.89. The Morgan fingerprint density at radius 1 is 1.03 bits per heavy atom. The molecule has 0 heterocycles. The molecule has 8 nitrogen and oxygen atoms in total. The van der Waals surface area contributed by atoms with Crippen molar-refractivity contribution in [2.45, 2.75) is 24.9 Å². The molecule has 4 radical (unpaired) electrons. The van der Waals surface area contributed by atoms with Crippen LogP contribution in [0, 0.1) is 56.6 Å². The molecule has 1 fully saturated rings. The summed E-state index contributed by atoms with van der Waals surface area (Å²) in [5.74, 6) is 1.13. The summed E-state index contributed by atoms with van der Waals surface area (Å²) in [7, 11) is 4.73. The van der Waals surface area contributed by atoms with Crippen molar-refractivity contribution in [2.24, 2.45) is 0 Å². The molecular formula is C21H21FeNO7. The van der Waals surface area contributed by atoms with Gasteiger partial charge in [0.05, 0.1) is 26.9 Å². The van der Waals surface area contributed by atoms with Crippen LogP contribution in [-0.4, -0.2) is 26.4 Å². The number of ether oxygens (including phenoxy) is 3. The van der Waals surface area contributed by atoms with Crippen LogP contribution in [0.2, 0.25) is 0 Å². The number of aliphatic hydroxyl groups excluding tert-OH is 1. The van der Waals surface area contributed by atoms with Crippen LogP contribution in [0.3, 0.4) is 0 Å². The van der Waals surface area contributed by atoms with Gasteiger partial charge in [0.2, 0.25) is 0 Å². The molecule has 1 aliphatic carbocycles. The van der Waals surface area contributed by atoms with Gasteiger partial charge in [0.25, 0.3) is 0 Å². The van der Waals surface area contributed by atoms with Gasteiger partial charge in [0.15, 0.2) is 11.5 Å². The van der Waals surface area contributed by atoms with E-state index >= 15 is 0 Å². The van der Waals surface area contributed by atoms with E-state index in [4.69, 9.17) is 28.2 Å². The van der Waals surface area contributed by atoms with Crippen molar-refractivity contribution in [2.75, 3.05) is 21.3 Å². The summed E-state index contributed by atoms with van der Waals surface area (Å²) in [4.78, 5) is 0. The van der Waals surface area contributed by atoms with Crippen LogP contribution in [0.4, 0.5) is 0 Å². The van der Waals surface area contributed by atoms with E-state index in [-0.39, 0.29) is 23.7 Å². The van der Waals surface area contributed by atoms with Gasteiger partial charge in [-0.2, -0.15) is 5.26 Å². The zero-order valence-corrected chi connectivity index (χ0v) is 17.8. The zero-order chi connectivity index (χ0) is 22.9. The van der Waals surface area contributed by atoms with Gasteiger partial charge in [-0.05, 0) is 42.5 Å². The molecule has 0 spiro atoms. The average molecular weight is 455 g/mol. The molecule has 160 valence electrons. The van der Waals surface area contributed by atoms with E-state index in [9.17, 15) is 10.4 Å². The molecule has 1 saturated carbocycles. The predicted molar refractivity (Wildman–Crippen MR) is 96.9 cm³/mol. The van der Waals surface area contributed by atoms with Gasteiger partial charge in [0, 0.05) is 42.4 Å². The van der Waals surface area contributed by atoms with Crippen LogP contribution in [0.25, 0.3) is 0 Å². The molecule has 0 saturated heterocycles. The zero-order valence-electron chi connectivity index (χ0n) is 16.7. The van der Waals surface area contributed by atoms with Crippen molar-refractivity contribution < 1.29 is 50.3 Å². The topological polar surface area (TPSA) is 131 Å². The third kappa shape index (κ3) is 8.37. The second-order valence-electron chi connectivity index (χ2n) is 5.36. The minimum absolute atomic E-state index is 0. The molecule has 0 bridgehead atoms. The van der Waals surface area contributed by atoms with Crippen LogP contribution < -0.4 is 9.47 Å². The molecule has 1 unspecified atom stereocenters. The second kappa shape index (κ2) is 19.0. The Kier molecular flexibility index (Phi) is 20.6. The standard InChI is InChI=1S/C18H21NO4.3CO.Fe/c1-21-14-4-6-18(7-5-14,8-9-19)15-11-17(23-3)16(22-2)10-13(15)12-20;3*1-2;/h4-6,10-11,20H,7-8,12H2,1-3H3;;;;. The van der Waals surface area contributed by atoms with Crippen molar-refractivity contribution >= 4 is 0 Å². The monoisotopic (exact) mass is 455 g/mol. The molecule has 1 atom stereocenters. The molecule has 1 aliphatic rings. The first-order chi connectivity index (χ1) is 14.1. The maximum atomic E-state index is 9.77. The SMILES string of the molecule is CO[C]1[CH][CH]C(CC#N)(c2cc(OC)c(OC)cc2CO)C[CH]1.[C-]#[O+].[C-]#[O+].[C-]#[O+].[Fe]. The molecule has 0 amide bonds. The van der Waals surface area contributed by atoms with Crippen molar-refractivity contribution in [3.8, 4) is 17.6 Å². The Labute approximate surface area is 188 Å². The quantitative estimate of drug-likeness (QED) is 0.400. The number of aliphatic hydroxyl groups is 1. The number of nitrogens with zero attached hydrogens (tertiary/aromatic N) is 1.